The molecule has 0 atom stereocenters. The van der Waals surface area contributed by atoms with Crippen LogP contribution in [-0.4, -0.2) is 12.5 Å². The molecular formula is C14H16FNOS. The van der Waals surface area contributed by atoms with Crippen LogP contribution >= 0.6 is 11.3 Å². The third kappa shape index (κ3) is 2.88. The van der Waals surface area contributed by atoms with Crippen molar-refractivity contribution in [3.63, 3.8) is 0 Å². The first-order valence-electron chi connectivity index (χ1n) is 6.04. The van der Waals surface area contributed by atoms with Crippen molar-refractivity contribution in [1.29, 1.82) is 0 Å². The van der Waals surface area contributed by atoms with Crippen molar-refractivity contribution in [1.82, 2.24) is 5.32 Å². The lowest BCUT2D eigenvalue weighted by atomic mass is 10.1. The summed E-state index contributed by atoms with van der Waals surface area (Å²) in [6.45, 7) is 4.88. The largest absolute Gasteiger partial charge is 0.351 e. The molecule has 96 valence electrons. The number of benzene rings is 1. The van der Waals surface area contributed by atoms with Crippen molar-refractivity contribution in [2.24, 2.45) is 5.92 Å². The second-order valence-corrected chi connectivity index (χ2v) is 5.78. The van der Waals surface area contributed by atoms with Gasteiger partial charge in [-0.1, -0.05) is 19.9 Å². The maximum Gasteiger partial charge on any atom is 0.261 e. The summed E-state index contributed by atoms with van der Waals surface area (Å²) in [7, 11) is 0. The number of halogens is 1. The first-order chi connectivity index (χ1) is 8.58. The minimum absolute atomic E-state index is 0.115. The predicted molar refractivity (Wildman–Crippen MR) is 73.6 cm³/mol. The standard InChI is InChI=1S/C14H16FNOS/c1-9(2)6-7-16-14(17)13-8-10-11(15)4-3-5-12(10)18-13/h3-5,8-9H,6-7H2,1-2H3,(H,16,17). The van der Waals surface area contributed by atoms with Gasteiger partial charge >= 0.3 is 0 Å². The van der Waals surface area contributed by atoms with Gasteiger partial charge in [0.15, 0.2) is 0 Å². The van der Waals surface area contributed by atoms with E-state index in [1.54, 1.807) is 12.1 Å². The van der Waals surface area contributed by atoms with E-state index in [2.05, 4.69) is 19.2 Å². The molecule has 1 aromatic heterocycles. The lowest BCUT2D eigenvalue weighted by molar-refractivity contribution is 0.0956. The zero-order valence-corrected chi connectivity index (χ0v) is 11.3. The Labute approximate surface area is 110 Å². The van der Waals surface area contributed by atoms with Gasteiger partial charge in [-0.3, -0.25) is 4.79 Å². The molecule has 0 spiro atoms. The maximum atomic E-state index is 13.5. The molecule has 1 heterocycles. The fourth-order valence-electron chi connectivity index (χ4n) is 1.70. The van der Waals surface area contributed by atoms with Gasteiger partial charge in [0.1, 0.15) is 5.82 Å². The summed E-state index contributed by atoms with van der Waals surface area (Å²) < 4.78 is 14.3. The Hall–Kier alpha value is -1.42. The third-order valence-electron chi connectivity index (χ3n) is 2.74. The first-order valence-corrected chi connectivity index (χ1v) is 6.86. The van der Waals surface area contributed by atoms with Crippen molar-refractivity contribution < 1.29 is 9.18 Å². The highest BCUT2D eigenvalue weighted by atomic mass is 32.1. The topological polar surface area (TPSA) is 29.1 Å². The van der Waals surface area contributed by atoms with Crippen LogP contribution < -0.4 is 5.32 Å². The van der Waals surface area contributed by atoms with Gasteiger partial charge in [-0.25, -0.2) is 4.39 Å². The Kier molecular flexibility index (Phi) is 3.97. The number of rotatable bonds is 4. The molecule has 1 N–H and O–H groups in total. The lowest BCUT2D eigenvalue weighted by Gasteiger charge is -2.05. The van der Waals surface area contributed by atoms with Crippen LogP contribution in [0.25, 0.3) is 10.1 Å². The number of amides is 1. The monoisotopic (exact) mass is 265 g/mol. The fraction of sp³-hybridized carbons (Fsp3) is 0.357. The van der Waals surface area contributed by atoms with E-state index in [0.717, 1.165) is 11.1 Å². The molecule has 0 aliphatic carbocycles. The highest BCUT2D eigenvalue weighted by Crippen LogP contribution is 2.27. The van der Waals surface area contributed by atoms with E-state index < -0.39 is 0 Å². The summed E-state index contributed by atoms with van der Waals surface area (Å²) in [5, 5.41) is 3.38. The van der Waals surface area contributed by atoms with Crippen LogP contribution in [0.3, 0.4) is 0 Å². The molecule has 0 aliphatic heterocycles. The number of carbonyl (C=O) groups excluding carboxylic acids is 1. The van der Waals surface area contributed by atoms with Gasteiger partial charge in [-0.15, -0.1) is 11.3 Å². The second kappa shape index (κ2) is 5.48. The molecule has 2 aromatic rings. The lowest BCUT2D eigenvalue weighted by Crippen LogP contribution is -2.24. The smallest absolute Gasteiger partial charge is 0.261 e. The molecular weight excluding hydrogens is 249 g/mol. The first kappa shape index (κ1) is 13.0. The zero-order chi connectivity index (χ0) is 13.1. The molecule has 0 saturated heterocycles. The van der Waals surface area contributed by atoms with Crippen LogP contribution in [0.5, 0.6) is 0 Å². The van der Waals surface area contributed by atoms with E-state index >= 15 is 0 Å². The van der Waals surface area contributed by atoms with Gasteiger partial charge < -0.3 is 5.32 Å². The van der Waals surface area contributed by atoms with Crippen LogP contribution in [-0.2, 0) is 0 Å². The molecule has 0 fully saturated rings. The van der Waals surface area contributed by atoms with Gasteiger partial charge in [0, 0.05) is 16.6 Å². The van der Waals surface area contributed by atoms with Crippen LogP contribution in [0, 0.1) is 11.7 Å². The normalized spacial score (nSPS) is 11.1. The van der Waals surface area contributed by atoms with Crippen molar-refractivity contribution in [2.45, 2.75) is 20.3 Å². The zero-order valence-electron chi connectivity index (χ0n) is 10.5. The minimum Gasteiger partial charge on any atom is -0.351 e. The van der Waals surface area contributed by atoms with Crippen molar-refractivity contribution in [3.05, 3.63) is 35.0 Å². The van der Waals surface area contributed by atoms with Gasteiger partial charge in [0.05, 0.1) is 4.88 Å². The average Bonchev–Trinajstić information content (AvgIpc) is 2.74. The molecule has 2 nitrogen and oxygen atoms in total. The number of hydrogen-bond acceptors (Lipinski definition) is 2. The summed E-state index contributed by atoms with van der Waals surface area (Å²) in [5.74, 6) is 0.173. The van der Waals surface area contributed by atoms with Gasteiger partial charge in [-0.2, -0.15) is 0 Å². The van der Waals surface area contributed by atoms with Gasteiger partial charge in [0.2, 0.25) is 0 Å². The number of carbonyl (C=O) groups is 1. The minimum atomic E-state index is -0.273. The highest BCUT2D eigenvalue weighted by molar-refractivity contribution is 7.20. The fourth-order valence-corrected chi connectivity index (χ4v) is 2.69. The number of thiophene rings is 1. The molecule has 0 bridgehead atoms. The molecule has 2 rings (SSSR count). The summed E-state index contributed by atoms with van der Waals surface area (Å²) in [4.78, 5) is 12.5. The third-order valence-corrected chi connectivity index (χ3v) is 3.84. The molecule has 1 aromatic carbocycles. The van der Waals surface area contributed by atoms with E-state index in [-0.39, 0.29) is 11.7 Å². The Morgan fingerprint density at radius 2 is 2.22 bits per heavy atom. The van der Waals surface area contributed by atoms with E-state index in [1.165, 1.54) is 17.4 Å². The number of hydrogen-bond donors (Lipinski definition) is 1. The number of fused-ring (bicyclic) bond motifs is 1. The van der Waals surface area contributed by atoms with Crippen LogP contribution in [0.4, 0.5) is 4.39 Å². The van der Waals surface area contributed by atoms with E-state index in [0.29, 0.717) is 22.7 Å². The molecule has 0 saturated carbocycles. The Balaban J connectivity index is 2.11. The quantitative estimate of drug-likeness (QED) is 0.894. The van der Waals surface area contributed by atoms with Crippen LogP contribution in [0.2, 0.25) is 0 Å². The molecule has 18 heavy (non-hydrogen) atoms. The molecule has 0 aliphatic rings. The second-order valence-electron chi connectivity index (χ2n) is 4.70. The summed E-state index contributed by atoms with van der Waals surface area (Å²) in [6, 6.07) is 6.53. The summed E-state index contributed by atoms with van der Waals surface area (Å²) in [5.41, 5.74) is 0. The molecule has 4 heteroatoms. The van der Waals surface area contributed by atoms with Crippen molar-refractivity contribution in [2.75, 3.05) is 6.54 Å². The van der Waals surface area contributed by atoms with Crippen LogP contribution in [0.15, 0.2) is 24.3 Å². The summed E-state index contributed by atoms with van der Waals surface area (Å²) in [6.07, 6.45) is 0.949. The number of nitrogens with one attached hydrogen (secondary N) is 1. The Morgan fingerprint density at radius 3 is 2.89 bits per heavy atom. The summed E-state index contributed by atoms with van der Waals surface area (Å²) >= 11 is 1.33. The Morgan fingerprint density at radius 1 is 1.44 bits per heavy atom. The predicted octanol–water partition coefficient (Wildman–Crippen LogP) is 3.82. The van der Waals surface area contributed by atoms with Crippen molar-refractivity contribution in [3.8, 4) is 0 Å². The molecule has 0 unspecified atom stereocenters. The van der Waals surface area contributed by atoms with Crippen molar-refractivity contribution >= 4 is 27.3 Å². The SMILES string of the molecule is CC(C)CCNC(=O)c1cc2c(F)cccc2s1. The maximum absolute atomic E-state index is 13.5. The van der Waals surface area contributed by atoms with E-state index in [1.807, 2.05) is 6.07 Å². The van der Waals surface area contributed by atoms with E-state index in [9.17, 15) is 9.18 Å². The Bertz CT molecular complexity index is 562. The highest BCUT2D eigenvalue weighted by Gasteiger charge is 2.11. The molecule has 0 radical (unpaired) electrons. The van der Waals surface area contributed by atoms with Gasteiger partial charge in [-0.05, 0) is 30.5 Å². The van der Waals surface area contributed by atoms with E-state index in [4.69, 9.17) is 0 Å². The van der Waals surface area contributed by atoms with Gasteiger partial charge in [0.25, 0.3) is 5.91 Å². The van der Waals surface area contributed by atoms with Crippen LogP contribution in [0.1, 0.15) is 29.9 Å². The molecule has 1 amide bonds. The average molecular weight is 265 g/mol.